The van der Waals surface area contributed by atoms with Crippen molar-refractivity contribution in [2.45, 2.75) is 12.5 Å². The number of pyridine rings is 3. The normalized spacial score (nSPS) is 14.2. The fourth-order valence-corrected chi connectivity index (χ4v) is 3.37. The predicted octanol–water partition coefficient (Wildman–Crippen LogP) is 2.25. The first kappa shape index (κ1) is 17.4. The summed E-state index contributed by atoms with van der Waals surface area (Å²) in [6.45, 7) is 1.52. The Labute approximate surface area is 166 Å². The molecule has 8 heteroatoms. The highest BCUT2D eigenvalue weighted by Crippen LogP contribution is 2.22. The van der Waals surface area contributed by atoms with Crippen molar-refractivity contribution in [1.82, 2.24) is 19.9 Å². The minimum atomic E-state index is -0.0169. The molecule has 0 saturated carbocycles. The number of aromatic nitrogens is 4. The fourth-order valence-electron chi connectivity index (χ4n) is 3.37. The first-order valence-corrected chi connectivity index (χ1v) is 9.30. The highest BCUT2D eigenvalue weighted by molar-refractivity contribution is 5.98. The summed E-state index contributed by atoms with van der Waals surface area (Å²) in [7, 11) is 0. The van der Waals surface area contributed by atoms with Gasteiger partial charge in [0.05, 0.1) is 23.8 Å². The van der Waals surface area contributed by atoms with Crippen LogP contribution in [0.15, 0.2) is 59.7 Å². The molecule has 5 heterocycles. The maximum absolute atomic E-state index is 12.8. The van der Waals surface area contributed by atoms with Crippen LogP contribution in [0.3, 0.4) is 0 Å². The molecule has 4 aromatic heterocycles. The summed E-state index contributed by atoms with van der Waals surface area (Å²) < 4.78 is 5.31. The highest BCUT2D eigenvalue weighted by Gasteiger charge is 2.24. The number of anilines is 1. The van der Waals surface area contributed by atoms with Crippen LogP contribution in [0.2, 0.25) is 0 Å². The van der Waals surface area contributed by atoms with Gasteiger partial charge in [0.1, 0.15) is 11.5 Å². The van der Waals surface area contributed by atoms with Gasteiger partial charge >= 0.3 is 0 Å². The molecule has 1 aliphatic heterocycles. The van der Waals surface area contributed by atoms with Gasteiger partial charge in [0.2, 0.25) is 0 Å². The van der Waals surface area contributed by atoms with E-state index in [9.17, 15) is 4.79 Å². The van der Waals surface area contributed by atoms with E-state index < -0.39 is 0 Å². The van der Waals surface area contributed by atoms with E-state index in [2.05, 4.69) is 24.8 Å². The van der Waals surface area contributed by atoms with Gasteiger partial charge in [0, 0.05) is 42.5 Å². The number of hydrogen-bond acceptors (Lipinski definition) is 8. The minimum absolute atomic E-state index is 0.0169. The Bertz CT molecular complexity index is 1180. The van der Waals surface area contributed by atoms with E-state index in [0.717, 1.165) is 29.8 Å². The molecule has 0 bridgehead atoms. The molecule has 0 unspecified atom stereocenters. The quantitative estimate of drug-likeness (QED) is 0.520. The summed E-state index contributed by atoms with van der Waals surface area (Å²) in [5.74, 6) is 1.36. The van der Waals surface area contributed by atoms with Crippen molar-refractivity contribution in [1.29, 1.82) is 0 Å². The lowest BCUT2D eigenvalue weighted by molar-refractivity contribution is 0.0992. The maximum Gasteiger partial charge on any atom is 0.181 e. The number of ketones is 1. The Kier molecular flexibility index (Phi) is 4.25. The Morgan fingerprint density at radius 3 is 2.86 bits per heavy atom. The fraction of sp³-hybridized carbons (Fsp3) is 0.190. The van der Waals surface area contributed by atoms with Crippen molar-refractivity contribution >= 4 is 22.5 Å². The Balaban J connectivity index is 1.38. The summed E-state index contributed by atoms with van der Waals surface area (Å²) in [6, 6.07) is 9.33. The molecule has 8 nitrogen and oxygen atoms in total. The third-order valence-corrected chi connectivity index (χ3v) is 4.96. The SMILES string of the molecule is NC1CN(c2cc(C(=O)Cc3cc4nc(-c5cnco5)ccc4cn3)ccn2)C1. The number of carbonyl (C=O) groups is 1. The van der Waals surface area contributed by atoms with Gasteiger partial charge < -0.3 is 15.1 Å². The van der Waals surface area contributed by atoms with Gasteiger partial charge in [-0.25, -0.2) is 15.0 Å². The lowest BCUT2D eigenvalue weighted by atomic mass is 10.1. The van der Waals surface area contributed by atoms with Crippen molar-refractivity contribution in [3.05, 3.63) is 66.6 Å². The second-order valence-corrected chi connectivity index (χ2v) is 7.10. The second kappa shape index (κ2) is 7.06. The van der Waals surface area contributed by atoms with Crippen molar-refractivity contribution in [2.75, 3.05) is 18.0 Å². The number of nitrogens with zero attached hydrogens (tertiary/aromatic N) is 5. The number of hydrogen-bond donors (Lipinski definition) is 1. The van der Waals surface area contributed by atoms with Crippen molar-refractivity contribution in [2.24, 2.45) is 5.73 Å². The second-order valence-electron chi connectivity index (χ2n) is 7.10. The smallest absolute Gasteiger partial charge is 0.181 e. The topological polar surface area (TPSA) is 111 Å². The van der Waals surface area contributed by atoms with Crippen LogP contribution in [-0.4, -0.2) is 44.9 Å². The van der Waals surface area contributed by atoms with Gasteiger partial charge in [-0.2, -0.15) is 0 Å². The number of nitrogens with two attached hydrogens (primary N) is 1. The molecule has 1 fully saturated rings. The molecule has 2 N–H and O–H groups in total. The third kappa shape index (κ3) is 3.45. The molecule has 29 heavy (non-hydrogen) atoms. The molecular weight excluding hydrogens is 368 g/mol. The Hall–Kier alpha value is -3.65. The first-order chi connectivity index (χ1) is 14.2. The van der Waals surface area contributed by atoms with E-state index in [1.807, 2.05) is 24.3 Å². The van der Waals surface area contributed by atoms with Gasteiger partial charge in [0.15, 0.2) is 17.9 Å². The summed E-state index contributed by atoms with van der Waals surface area (Å²) in [4.78, 5) is 32.1. The van der Waals surface area contributed by atoms with Gasteiger partial charge in [-0.3, -0.25) is 9.78 Å². The zero-order valence-corrected chi connectivity index (χ0v) is 15.5. The molecular formula is C21H18N6O2. The van der Waals surface area contributed by atoms with E-state index >= 15 is 0 Å². The molecule has 0 spiro atoms. The maximum atomic E-state index is 12.8. The summed E-state index contributed by atoms with van der Waals surface area (Å²) >= 11 is 0. The van der Waals surface area contributed by atoms with E-state index in [0.29, 0.717) is 22.7 Å². The lowest BCUT2D eigenvalue weighted by Crippen LogP contribution is -2.56. The lowest BCUT2D eigenvalue weighted by Gasteiger charge is -2.37. The molecule has 0 atom stereocenters. The molecule has 0 radical (unpaired) electrons. The van der Waals surface area contributed by atoms with Crippen molar-refractivity contribution in [3.63, 3.8) is 0 Å². The van der Waals surface area contributed by atoms with Crippen LogP contribution in [0.25, 0.3) is 22.4 Å². The molecule has 0 aliphatic carbocycles. The van der Waals surface area contributed by atoms with Gasteiger partial charge in [-0.15, -0.1) is 0 Å². The summed E-state index contributed by atoms with van der Waals surface area (Å²) in [6.07, 6.45) is 6.56. The van der Waals surface area contributed by atoms with E-state index in [-0.39, 0.29) is 18.2 Å². The van der Waals surface area contributed by atoms with Crippen molar-refractivity contribution < 1.29 is 9.21 Å². The van der Waals surface area contributed by atoms with Crippen LogP contribution in [0.5, 0.6) is 0 Å². The highest BCUT2D eigenvalue weighted by atomic mass is 16.3. The van der Waals surface area contributed by atoms with Crippen LogP contribution < -0.4 is 10.6 Å². The standard InChI is InChI=1S/C21H18N6O2/c22-15-10-27(11-15)21-5-13(3-4-24-21)19(28)7-16-6-18-14(8-25-16)1-2-17(26-18)20-9-23-12-29-20/h1-6,8-9,12,15H,7,10-11,22H2. The summed E-state index contributed by atoms with van der Waals surface area (Å²) in [5, 5.41) is 0.893. The number of Topliss-reactive ketones (excluding diaryl/α,β-unsaturated/α-hetero) is 1. The first-order valence-electron chi connectivity index (χ1n) is 9.30. The van der Waals surface area contributed by atoms with Crippen molar-refractivity contribution in [3.8, 4) is 11.5 Å². The van der Waals surface area contributed by atoms with Gasteiger partial charge in [-0.05, 0) is 30.3 Å². The number of carbonyl (C=O) groups excluding carboxylic acids is 1. The van der Waals surface area contributed by atoms with Gasteiger partial charge in [0.25, 0.3) is 0 Å². The zero-order chi connectivity index (χ0) is 19.8. The molecule has 0 aromatic carbocycles. The van der Waals surface area contributed by atoms with Crippen LogP contribution in [0.4, 0.5) is 5.82 Å². The zero-order valence-electron chi connectivity index (χ0n) is 15.5. The average Bonchev–Trinajstić information content (AvgIpc) is 3.26. The minimum Gasteiger partial charge on any atom is -0.442 e. The molecule has 144 valence electrons. The molecule has 5 rings (SSSR count). The third-order valence-electron chi connectivity index (χ3n) is 4.96. The average molecular weight is 386 g/mol. The van der Waals surface area contributed by atoms with E-state index in [4.69, 9.17) is 10.2 Å². The molecule has 0 amide bonds. The molecule has 1 aliphatic rings. The largest absolute Gasteiger partial charge is 0.442 e. The predicted molar refractivity (Wildman–Crippen MR) is 107 cm³/mol. The van der Waals surface area contributed by atoms with Crippen LogP contribution >= 0.6 is 0 Å². The summed E-state index contributed by atoms with van der Waals surface area (Å²) in [5.41, 5.74) is 8.54. The van der Waals surface area contributed by atoms with Crippen LogP contribution in [0, 0.1) is 0 Å². The molecule has 1 saturated heterocycles. The van der Waals surface area contributed by atoms with E-state index in [1.54, 1.807) is 24.7 Å². The van der Waals surface area contributed by atoms with Crippen LogP contribution in [-0.2, 0) is 6.42 Å². The number of oxazole rings is 1. The monoisotopic (exact) mass is 386 g/mol. The Morgan fingerprint density at radius 1 is 1.17 bits per heavy atom. The van der Waals surface area contributed by atoms with Crippen LogP contribution in [0.1, 0.15) is 16.1 Å². The number of rotatable bonds is 5. The van der Waals surface area contributed by atoms with Gasteiger partial charge in [-0.1, -0.05) is 0 Å². The Morgan fingerprint density at radius 2 is 2.07 bits per heavy atom. The molecule has 4 aromatic rings. The number of fused-ring (bicyclic) bond motifs is 1. The van der Waals surface area contributed by atoms with E-state index in [1.165, 1.54) is 6.39 Å².